The molecule has 1 amide bonds. The first-order chi connectivity index (χ1) is 8.65. The van der Waals surface area contributed by atoms with Gasteiger partial charge in [-0.15, -0.1) is 0 Å². The van der Waals surface area contributed by atoms with Gasteiger partial charge >= 0.3 is 0 Å². The van der Waals surface area contributed by atoms with Gasteiger partial charge in [-0.1, -0.05) is 19.1 Å². The number of rotatable bonds is 6. The summed E-state index contributed by atoms with van der Waals surface area (Å²) in [6.07, 6.45) is 0.819. The lowest BCUT2D eigenvalue weighted by Crippen LogP contribution is -2.37. The van der Waals surface area contributed by atoms with Gasteiger partial charge in [-0.3, -0.25) is 4.79 Å². The molecule has 0 heterocycles. The van der Waals surface area contributed by atoms with Crippen molar-refractivity contribution < 1.29 is 9.53 Å². The lowest BCUT2D eigenvalue weighted by molar-refractivity contribution is -0.122. The minimum Gasteiger partial charge on any atom is -0.495 e. The highest BCUT2D eigenvalue weighted by Crippen LogP contribution is 2.27. The molecule has 1 unspecified atom stereocenters. The predicted molar refractivity (Wildman–Crippen MR) is 74.1 cm³/mol. The fourth-order valence-corrected chi connectivity index (χ4v) is 1.95. The van der Waals surface area contributed by atoms with Crippen LogP contribution in [0.3, 0.4) is 0 Å². The Kier molecular flexibility index (Phi) is 5.65. The number of nitrogens with one attached hydrogen (secondary N) is 1. The van der Waals surface area contributed by atoms with Gasteiger partial charge in [-0.25, -0.2) is 0 Å². The molecule has 18 heavy (non-hydrogen) atoms. The number of nitrogens with zero attached hydrogens (tertiary/aromatic N) is 1. The molecule has 1 aromatic rings. The highest BCUT2D eigenvalue weighted by atomic mass is 16.5. The lowest BCUT2D eigenvalue weighted by Gasteiger charge is -2.24. The molecular weight excluding hydrogens is 228 g/mol. The molecule has 1 rings (SSSR count). The maximum absolute atomic E-state index is 12.4. The van der Waals surface area contributed by atoms with E-state index in [-0.39, 0.29) is 11.8 Å². The first-order valence-corrected chi connectivity index (χ1v) is 6.20. The summed E-state index contributed by atoms with van der Waals surface area (Å²) in [4.78, 5) is 14.0. The Hall–Kier alpha value is -1.55. The van der Waals surface area contributed by atoms with Crippen LogP contribution in [0.4, 0.5) is 5.69 Å². The maximum atomic E-state index is 12.4. The minimum absolute atomic E-state index is 0.00934. The van der Waals surface area contributed by atoms with Gasteiger partial charge in [0.25, 0.3) is 0 Å². The molecule has 0 saturated carbocycles. The quantitative estimate of drug-likeness (QED) is 0.838. The fraction of sp³-hybridized carbons (Fsp3) is 0.500. The number of carbonyl (C=O) groups excluding carboxylic acids is 1. The Balaban J connectivity index is 2.91. The van der Waals surface area contributed by atoms with E-state index in [1.54, 1.807) is 19.1 Å². The Labute approximate surface area is 109 Å². The number of benzene rings is 1. The number of ether oxygens (including phenoxy) is 1. The summed E-state index contributed by atoms with van der Waals surface area (Å²) in [5, 5.41) is 3.06. The molecule has 0 aromatic heterocycles. The molecule has 0 fully saturated rings. The van der Waals surface area contributed by atoms with Crippen molar-refractivity contribution in [2.75, 3.05) is 32.6 Å². The molecule has 0 spiro atoms. The second-order valence-corrected chi connectivity index (χ2v) is 4.23. The van der Waals surface area contributed by atoms with Crippen LogP contribution in [-0.4, -0.2) is 33.7 Å². The van der Waals surface area contributed by atoms with Crippen LogP contribution in [0.1, 0.15) is 13.3 Å². The SMILES string of the molecule is CCC(CNC)C(=O)N(C)c1ccccc1OC. The zero-order valence-electron chi connectivity index (χ0n) is 11.6. The lowest BCUT2D eigenvalue weighted by atomic mass is 10.0. The topological polar surface area (TPSA) is 41.6 Å². The van der Waals surface area contributed by atoms with E-state index in [2.05, 4.69) is 5.32 Å². The van der Waals surface area contributed by atoms with Crippen LogP contribution in [0, 0.1) is 5.92 Å². The number of amides is 1. The van der Waals surface area contributed by atoms with Gasteiger partial charge in [0.1, 0.15) is 5.75 Å². The third kappa shape index (κ3) is 3.23. The van der Waals surface area contributed by atoms with Crippen LogP contribution in [0.25, 0.3) is 0 Å². The van der Waals surface area contributed by atoms with Gasteiger partial charge in [0.15, 0.2) is 0 Å². The molecule has 1 aromatic carbocycles. The van der Waals surface area contributed by atoms with Crippen molar-refractivity contribution in [3.05, 3.63) is 24.3 Å². The van der Waals surface area contributed by atoms with E-state index in [4.69, 9.17) is 4.74 Å². The van der Waals surface area contributed by atoms with Crippen LogP contribution in [0.5, 0.6) is 5.75 Å². The van der Waals surface area contributed by atoms with Gasteiger partial charge in [0, 0.05) is 13.6 Å². The van der Waals surface area contributed by atoms with Crippen LogP contribution < -0.4 is 15.0 Å². The van der Waals surface area contributed by atoms with Crippen molar-refractivity contribution >= 4 is 11.6 Å². The van der Waals surface area contributed by atoms with Crippen molar-refractivity contribution in [1.82, 2.24) is 5.32 Å². The van der Waals surface area contributed by atoms with Crippen molar-refractivity contribution in [2.24, 2.45) is 5.92 Å². The smallest absolute Gasteiger partial charge is 0.231 e. The zero-order chi connectivity index (χ0) is 13.5. The Morgan fingerprint density at radius 2 is 2.11 bits per heavy atom. The minimum atomic E-state index is -0.00934. The molecule has 100 valence electrons. The summed E-state index contributed by atoms with van der Waals surface area (Å²) >= 11 is 0. The average Bonchev–Trinajstić information content (AvgIpc) is 2.43. The molecule has 0 aliphatic carbocycles. The van der Waals surface area contributed by atoms with E-state index in [0.29, 0.717) is 12.3 Å². The van der Waals surface area contributed by atoms with E-state index < -0.39 is 0 Å². The third-order valence-corrected chi connectivity index (χ3v) is 3.07. The van der Waals surface area contributed by atoms with Crippen LogP contribution in [0.2, 0.25) is 0 Å². The molecule has 0 aliphatic heterocycles. The number of anilines is 1. The second-order valence-electron chi connectivity index (χ2n) is 4.23. The molecule has 4 heteroatoms. The van der Waals surface area contributed by atoms with Crippen LogP contribution in [0.15, 0.2) is 24.3 Å². The molecule has 0 saturated heterocycles. The fourth-order valence-electron chi connectivity index (χ4n) is 1.95. The van der Waals surface area contributed by atoms with E-state index in [0.717, 1.165) is 12.1 Å². The summed E-state index contributed by atoms with van der Waals surface area (Å²) in [6.45, 7) is 2.71. The summed E-state index contributed by atoms with van der Waals surface area (Å²) < 4.78 is 5.28. The summed E-state index contributed by atoms with van der Waals surface area (Å²) in [7, 11) is 5.26. The second kappa shape index (κ2) is 7.01. The van der Waals surface area contributed by atoms with E-state index in [9.17, 15) is 4.79 Å². The zero-order valence-corrected chi connectivity index (χ0v) is 11.6. The van der Waals surface area contributed by atoms with E-state index in [1.807, 2.05) is 38.2 Å². The molecular formula is C14H22N2O2. The van der Waals surface area contributed by atoms with Gasteiger partial charge in [-0.05, 0) is 25.6 Å². The van der Waals surface area contributed by atoms with Gasteiger partial charge in [0.05, 0.1) is 18.7 Å². The summed E-state index contributed by atoms with van der Waals surface area (Å²) in [6, 6.07) is 7.55. The van der Waals surface area contributed by atoms with Crippen molar-refractivity contribution in [2.45, 2.75) is 13.3 Å². The Bertz CT molecular complexity index is 393. The Morgan fingerprint density at radius 1 is 1.44 bits per heavy atom. The van der Waals surface area contributed by atoms with Gasteiger partial charge < -0.3 is 15.0 Å². The largest absolute Gasteiger partial charge is 0.495 e. The number of para-hydroxylation sites is 2. The number of hydrogen-bond acceptors (Lipinski definition) is 3. The number of hydrogen-bond donors (Lipinski definition) is 1. The Morgan fingerprint density at radius 3 is 2.67 bits per heavy atom. The standard InChI is InChI=1S/C14H22N2O2/c1-5-11(10-15-2)14(17)16(3)12-8-6-7-9-13(12)18-4/h6-9,11,15H,5,10H2,1-4H3. The summed E-state index contributed by atoms with van der Waals surface area (Å²) in [5.41, 5.74) is 0.805. The van der Waals surface area contributed by atoms with Crippen molar-refractivity contribution in [3.63, 3.8) is 0 Å². The maximum Gasteiger partial charge on any atom is 0.231 e. The van der Waals surface area contributed by atoms with Gasteiger partial charge in [0.2, 0.25) is 5.91 Å². The van der Waals surface area contributed by atoms with Crippen molar-refractivity contribution in [3.8, 4) is 5.75 Å². The van der Waals surface area contributed by atoms with Crippen LogP contribution in [-0.2, 0) is 4.79 Å². The van der Waals surface area contributed by atoms with E-state index >= 15 is 0 Å². The average molecular weight is 250 g/mol. The third-order valence-electron chi connectivity index (χ3n) is 3.07. The van der Waals surface area contributed by atoms with E-state index in [1.165, 1.54) is 0 Å². The molecule has 0 aliphatic rings. The number of carbonyl (C=O) groups is 1. The highest BCUT2D eigenvalue weighted by molar-refractivity contribution is 5.96. The first kappa shape index (κ1) is 14.5. The first-order valence-electron chi connectivity index (χ1n) is 6.20. The normalized spacial score (nSPS) is 12.0. The molecule has 1 N–H and O–H groups in total. The van der Waals surface area contributed by atoms with Crippen LogP contribution >= 0.6 is 0 Å². The van der Waals surface area contributed by atoms with Gasteiger partial charge in [-0.2, -0.15) is 0 Å². The monoisotopic (exact) mass is 250 g/mol. The number of methoxy groups -OCH3 is 1. The molecule has 1 atom stereocenters. The summed E-state index contributed by atoms with van der Waals surface area (Å²) in [5.74, 6) is 0.814. The molecule has 4 nitrogen and oxygen atoms in total. The molecule has 0 bridgehead atoms. The molecule has 0 radical (unpaired) electrons. The van der Waals surface area contributed by atoms with Crippen molar-refractivity contribution in [1.29, 1.82) is 0 Å². The predicted octanol–water partition coefficient (Wildman–Crippen LogP) is 1.90. The highest BCUT2D eigenvalue weighted by Gasteiger charge is 2.22.